The Labute approximate surface area is 106 Å². The second kappa shape index (κ2) is 5.38. The predicted octanol–water partition coefficient (Wildman–Crippen LogP) is 2.93. The van der Waals surface area contributed by atoms with E-state index in [0.717, 1.165) is 18.8 Å². The van der Waals surface area contributed by atoms with Crippen molar-refractivity contribution in [1.82, 2.24) is 14.9 Å². The average molecular weight is 247 g/mol. The molecule has 0 atom stereocenters. The highest BCUT2D eigenvalue weighted by Crippen LogP contribution is 2.27. The molecule has 0 aliphatic heterocycles. The summed E-state index contributed by atoms with van der Waals surface area (Å²) in [6.45, 7) is 8.13. The van der Waals surface area contributed by atoms with E-state index in [4.69, 9.17) is 0 Å². The maximum Gasteiger partial charge on any atom is 0.110 e. The Morgan fingerprint density at radius 1 is 1.29 bits per heavy atom. The van der Waals surface area contributed by atoms with E-state index >= 15 is 0 Å². The van der Waals surface area contributed by atoms with Crippen LogP contribution in [0.3, 0.4) is 0 Å². The van der Waals surface area contributed by atoms with Crippen LogP contribution in [0, 0.1) is 13.8 Å². The highest BCUT2D eigenvalue weighted by molar-refractivity contribution is 7.05. The molecule has 0 saturated heterocycles. The summed E-state index contributed by atoms with van der Waals surface area (Å²) in [7, 11) is 0. The molecule has 0 saturated carbocycles. The van der Waals surface area contributed by atoms with Crippen molar-refractivity contribution in [3.05, 3.63) is 34.2 Å². The highest BCUT2D eigenvalue weighted by Gasteiger charge is 2.12. The molecule has 90 valence electrons. The summed E-state index contributed by atoms with van der Waals surface area (Å²) >= 11 is 1.48. The van der Waals surface area contributed by atoms with Gasteiger partial charge in [-0.15, -0.1) is 5.10 Å². The van der Waals surface area contributed by atoms with Gasteiger partial charge in [-0.1, -0.05) is 29.1 Å². The van der Waals surface area contributed by atoms with E-state index in [9.17, 15) is 0 Å². The molecular formula is C13H17N3S. The van der Waals surface area contributed by atoms with E-state index in [0.29, 0.717) is 0 Å². The minimum atomic E-state index is 0.844. The van der Waals surface area contributed by atoms with Crippen LogP contribution in [-0.2, 0) is 6.54 Å². The first-order valence-corrected chi connectivity index (χ1v) is 6.59. The van der Waals surface area contributed by atoms with E-state index in [1.54, 1.807) is 0 Å². The van der Waals surface area contributed by atoms with Gasteiger partial charge in [-0.25, -0.2) is 0 Å². The Hall–Kier alpha value is -1.26. The molecule has 0 unspecified atom stereocenters. The van der Waals surface area contributed by atoms with Crippen molar-refractivity contribution >= 4 is 11.5 Å². The highest BCUT2D eigenvalue weighted by atomic mass is 32.1. The van der Waals surface area contributed by atoms with Gasteiger partial charge in [0, 0.05) is 12.1 Å². The summed E-state index contributed by atoms with van der Waals surface area (Å²) in [4.78, 5) is 1.21. The van der Waals surface area contributed by atoms with Crippen LogP contribution in [-0.4, -0.2) is 16.1 Å². The Morgan fingerprint density at radius 2 is 2.12 bits per heavy atom. The smallest absolute Gasteiger partial charge is 0.110 e. The van der Waals surface area contributed by atoms with Crippen molar-refractivity contribution in [2.24, 2.45) is 0 Å². The molecule has 2 aromatic rings. The van der Waals surface area contributed by atoms with Crippen molar-refractivity contribution in [2.45, 2.75) is 27.3 Å². The van der Waals surface area contributed by atoms with E-state index in [-0.39, 0.29) is 0 Å². The fourth-order valence-electron chi connectivity index (χ4n) is 1.76. The molecule has 17 heavy (non-hydrogen) atoms. The lowest BCUT2D eigenvalue weighted by molar-refractivity contribution is 0.735. The average Bonchev–Trinajstić information content (AvgIpc) is 2.77. The number of aryl methyl sites for hydroxylation is 2. The van der Waals surface area contributed by atoms with Gasteiger partial charge in [0.25, 0.3) is 0 Å². The van der Waals surface area contributed by atoms with Gasteiger partial charge in [-0.3, -0.25) is 0 Å². The lowest BCUT2D eigenvalue weighted by atomic mass is 10.0. The lowest BCUT2D eigenvalue weighted by Gasteiger charge is -2.06. The number of aromatic nitrogens is 2. The van der Waals surface area contributed by atoms with Gasteiger partial charge in [0.15, 0.2) is 0 Å². The summed E-state index contributed by atoms with van der Waals surface area (Å²) in [5, 5.41) is 7.60. The Bertz CT molecular complexity index is 505. The second-order valence-corrected chi connectivity index (χ2v) is 4.98. The van der Waals surface area contributed by atoms with Crippen LogP contribution in [0.5, 0.6) is 0 Å². The molecule has 3 nitrogen and oxygen atoms in total. The molecular weight excluding hydrogens is 230 g/mol. The van der Waals surface area contributed by atoms with Gasteiger partial charge in [-0.2, -0.15) is 0 Å². The van der Waals surface area contributed by atoms with Gasteiger partial charge < -0.3 is 5.32 Å². The SMILES string of the molecule is CCNCc1snnc1-c1cc(C)ccc1C. The van der Waals surface area contributed by atoms with Crippen LogP contribution in [0.25, 0.3) is 11.3 Å². The Kier molecular flexibility index (Phi) is 3.86. The first kappa shape index (κ1) is 12.2. The number of hydrogen-bond donors (Lipinski definition) is 1. The van der Waals surface area contributed by atoms with Crippen LogP contribution in [0.15, 0.2) is 18.2 Å². The Balaban J connectivity index is 2.38. The van der Waals surface area contributed by atoms with Crippen molar-refractivity contribution in [3.8, 4) is 11.3 Å². The molecule has 0 radical (unpaired) electrons. The Morgan fingerprint density at radius 3 is 2.88 bits per heavy atom. The normalized spacial score (nSPS) is 10.8. The topological polar surface area (TPSA) is 37.8 Å². The van der Waals surface area contributed by atoms with Crippen LogP contribution < -0.4 is 5.32 Å². The van der Waals surface area contributed by atoms with Gasteiger partial charge in [-0.05, 0) is 43.6 Å². The monoisotopic (exact) mass is 247 g/mol. The summed E-state index contributed by atoms with van der Waals surface area (Å²) in [6, 6.07) is 6.45. The van der Waals surface area contributed by atoms with Gasteiger partial charge in [0.1, 0.15) is 5.69 Å². The molecule has 2 rings (SSSR count). The van der Waals surface area contributed by atoms with Gasteiger partial charge >= 0.3 is 0 Å². The minimum absolute atomic E-state index is 0.844. The molecule has 0 amide bonds. The van der Waals surface area contributed by atoms with E-state index in [1.165, 1.54) is 33.1 Å². The lowest BCUT2D eigenvalue weighted by Crippen LogP contribution is -2.11. The number of benzene rings is 1. The van der Waals surface area contributed by atoms with E-state index < -0.39 is 0 Å². The van der Waals surface area contributed by atoms with Crippen molar-refractivity contribution in [2.75, 3.05) is 6.54 Å². The fourth-order valence-corrected chi connectivity index (χ4v) is 2.38. The molecule has 1 heterocycles. The van der Waals surface area contributed by atoms with Gasteiger partial charge in [0.05, 0.1) is 4.88 Å². The first-order chi connectivity index (χ1) is 8.22. The predicted molar refractivity (Wildman–Crippen MR) is 72.2 cm³/mol. The summed E-state index contributed by atoms with van der Waals surface area (Å²) in [5.41, 5.74) is 4.73. The molecule has 0 aliphatic carbocycles. The standard InChI is InChI=1S/C13H17N3S/c1-4-14-8-12-13(15-16-17-12)11-7-9(2)5-6-10(11)3/h5-7,14H,4,8H2,1-3H3. The number of nitrogens with one attached hydrogen (secondary N) is 1. The van der Waals surface area contributed by atoms with E-state index in [1.807, 2.05) is 0 Å². The molecule has 1 aromatic carbocycles. The van der Waals surface area contributed by atoms with Crippen LogP contribution in [0.4, 0.5) is 0 Å². The minimum Gasteiger partial charge on any atom is -0.312 e. The van der Waals surface area contributed by atoms with Crippen LogP contribution in [0.2, 0.25) is 0 Å². The van der Waals surface area contributed by atoms with Crippen molar-refractivity contribution in [1.29, 1.82) is 0 Å². The number of nitrogens with zero attached hydrogens (tertiary/aromatic N) is 2. The molecule has 4 heteroatoms. The third-order valence-corrected chi connectivity index (χ3v) is 3.46. The molecule has 1 aromatic heterocycles. The summed E-state index contributed by atoms with van der Waals surface area (Å²) < 4.78 is 4.07. The van der Waals surface area contributed by atoms with Crippen LogP contribution >= 0.6 is 11.5 Å². The first-order valence-electron chi connectivity index (χ1n) is 5.82. The molecule has 1 N–H and O–H groups in total. The number of hydrogen-bond acceptors (Lipinski definition) is 4. The second-order valence-electron chi connectivity index (χ2n) is 4.14. The number of rotatable bonds is 4. The van der Waals surface area contributed by atoms with E-state index in [2.05, 4.69) is 53.9 Å². The summed E-state index contributed by atoms with van der Waals surface area (Å²) in [6.07, 6.45) is 0. The molecule has 0 spiro atoms. The molecule has 0 bridgehead atoms. The molecule has 0 fully saturated rings. The van der Waals surface area contributed by atoms with Crippen molar-refractivity contribution < 1.29 is 0 Å². The van der Waals surface area contributed by atoms with Crippen LogP contribution in [0.1, 0.15) is 22.9 Å². The third kappa shape index (κ3) is 2.70. The van der Waals surface area contributed by atoms with Crippen molar-refractivity contribution in [3.63, 3.8) is 0 Å². The fraction of sp³-hybridized carbons (Fsp3) is 0.385. The quantitative estimate of drug-likeness (QED) is 0.902. The summed E-state index contributed by atoms with van der Waals surface area (Å²) in [5.74, 6) is 0. The maximum atomic E-state index is 4.27. The zero-order chi connectivity index (χ0) is 12.3. The zero-order valence-electron chi connectivity index (χ0n) is 10.4. The van der Waals surface area contributed by atoms with Gasteiger partial charge in [0.2, 0.25) is 0 Å². The maximum absolute atomic E-state index is 4.27. The third-order valence-electron chi connectivity index (χ3n) is 2.74. The zero-order valence-corrected chi connectivity index (χ0v) is 11.3. The molecule has 0 aliphatic rings. The largest absolute Gasteiger partial charge is 0.312 e.